The van der Waals surface area contributed by atoms with Gasteiger partial charge < -0.3 is 74.8 Å². The summed E-state index contributed by atoms with van der Waals surface area (Å²) in [5, 5.41) is 77.2. The third-order valence-corrected chi connectivity index (χ3v) is 11.1. The number of carbonyl (C=O) groups excluding carboxylic acids is 2. The smallest absolute Gasteiger partial charge is 0.320 e. The Labute approximate surface area is 377 Å². The maximum absolute atomic E-state index is 13.5. The largest absolute Gasteiger partial charge is 0.494 e. The van der Waals surface area contributed by atoms with Gasteiger partial charge in [0.2, 0.25) is 5.91 Å². The molecule has 9 N–H and O–H groups in total. The average Bonchev–Trinajstić information content (AvgIpc) is 3.33. The van der Waals surface area contributed by atoms with Crippen molar-refractivity contribution >= 4 is 29.7 Å². The fourth-order valence-corrected chi connectivity index (χ4v) is 7.64. The van der Waals surface area contributed by atoms with Gasteiger partial charge in [0.15, 0.2) is 18.7 Å². The van der Waals surface area contributed by atoms with Crippen LogP contribution in [-0.2, 0) is 54.1 Å². The summed E-state index contributed by atoms with van der Waals surface area (Å²) < 4.78 is 34.0. The molecule has 0 aromatic heterocycles. The third kappa shape index (κ3) is 17.2. The molecule has 0 aliphatic carbocycles. The number of aliphatic hydroxyl groups is 4. The zero-order valence-corrected chi connectivity index (χ0v) is 37.1. The number of carboxylic acids is 3. The molecule has 4 rings (SSSR count). The predicted octanol–water partition coefficient (Wildman–Crippen LogP) is -2.71. The molecule has 2 amide bonds. The van der Waals surface area contributed by atoms with Gasteiger partial charge in [-0.05, 0) is 57.7 Å². The van der Waals surface area contributed by atoms with Crippen molar-refractivity contribution in [3.05, 3.63) is 29.8 Å². The summed E-state index contributed by atoms with van der Waals surface area (Å²) in [5.41, 5.74) is 0.844. The van der Waals surface area contributed by atoms with Gasteiger partial charge in [0.1, 0.15) is 48.4 Å². The Kier molecular flexibility index (Phi) is 22.1. The van der Waals surface area contributed by atoms with Gasteiger partial charge in [-0.2, -0.15) is 0 Å². The lowest BCUT2D eigenvalue weighted by Crippen LogP contribution is -2.65. The molecule has 3 heterocycles. The van der Waals surface area contributed by atoms with E-state index in [4.69, 9.17) is 28.4 Å². The van der Waals surface area contributed by atoms with Crippen LogP contribution in [0.25, 0.3) is 0 Å². The lowest BCUT2D eigenvalue weighted by Gasteiger charge is -2.45. The summed E-state index contributed by atoms with van der Waals surface area (Å²) in [6.45, 7) is 6.98. The molecular formula is C42H67N5O18. The molecule has 1 aromatic carbocycles. The number of hydrogen-bond acceptors (Lipinski definition) is 18. The Morgan fingerprint density at radius 1 is 0.800 bits per heavy atom. The first-order valence-electron chi connectivity index (χ1n) is 22.0. The molecule has 3 fully saturated rings. The summed E-state index contributed by atoms with van der Waals surface area (Å²) in [7, 11) is 0. The number of nitrogens with one attached hydrogen (secondary N) is 2. The van der Waals surface area contributed by atoms with Crippen molar-refractivity contribution in [2.24, 2.45) is 0 Å². The Morgan fingerprint density at radius 2 is 1.42 bits per heavy atom. The van der Waals surface area contributed by atoms with Crippen molar-refractivity contribution in [1.82, 2.24) is 25.3 Å². The van der Waals surface area contributed by atoms with E-state index in [1.165, 1.54) is 0 Å². The second kappa shape index (κ2) is 26.9. The van der Waals surface area contributed by atoms with Gasteiger partial charge >= 0.3 is 17.9 Å². The first-order chi connectivity index (χ1) is 31.0. The van der Waals surface area contributed by atoms with Crippen molar-refractivity contribution in [3.63, 3.8) is 0 Å². The minimum atomic E-state index is -1.70. The van der Waals surface area contributed by atoms with E-state index < -0.39 is 91.3 Å². The Morgan fingerprint density at radius 3 is 2.00 bits per heavy atom. The van der Waals surface area contributed by atoms with Crippen molar-refractivity contribution in [2.75, 3.05) is 85.3 Å². The Bertz CT molecular complexity index is 1630. The molecule has 65 heavy (non-hydrogen) atoms. The van der Waals surface area contributed by atoms with Gasteiger partial charge in [0.05, 0.1) is 32.4 Å². The topological polar surface area (TPSA) is 316 Å². The van der Waals surface area contributed by atoms with E-state index in [-0.39, 0.29) is 90.9 Å². The number of hydrogen-bond donors (Lipinski definition) is 9. The molecule has 0 radical (unpaired) electrons. The number of rotatable bonds is 24. The van der Waals surface area contributed by atoms with Crippen LogP contribution in [0.5, 0.6) is 5.75 Å². The quantitative estimate of drug-likeness (QED) is 0.0476. The summed E-state index contributed by atoms with van der Waals surface area (Å²) in [4.78, 5) is 66.2. The van der Waals surface area contributed by atoms with Crippen LogP contribution >= 0.6 is 0 Å². The summed E-state index contributed by atoms with van der Waals surface area (Å²) >= 11 is 0. The molecule has 3 aliphatic heterocycles. The van der Waals surface area contributed by atoms with Crippen LogP contribution < -0.4 is 15.4 Å². The highest BCUT2D eigenvalue weighted by Gasteiger charge is 2.52. The fourth-order valence-electron chi connectivity index (χ4n) is 7.64. The number of nitrogens with zero attached hydrogens (tertiary/aromatic N) is 3. The van der Waals surface area contributed by atoms with Crippen LogP contribution in [0.3, 0.4) is 0 Å². The van der Waals surface area contributed by atoms with Gasteiger partial charge in [0.25, 0.3) is 5.91 Å². The molecule has 0 bridgehead atoms. The van der Waals surface area contributed by atoms with E-state index in [2.05, 4.69) is 10.6 Å². The SMILES string of the molecule is CCOC1COC(OC2C(C(=O)NCCc3ccc(OCCCNC(=O)CCC(C(=O)O)N4CCN(CC(=O)O)CCN(CC(=O)O)CC4)cc3)OC(OC(C)C)C(O)C2O)C(O)C1O. The first kappa shape index (κ1) is 53.5. The molecule has 0 saturated carbocycles. The van der Waals surface area contributed by atoms with E-state index in [9.17, 15) is 59.7 Å². The van der Waals surface area contributed by atoms with Gasteiger partial charge in [-0.25, -0.2) is 0 Å². The van der Waals surface area contributed by atoms with Crippen LogP contribution in [0.15, 0.2) is 24.3 Å². The minimum absolute atomic E-state index is 0.00145. The third-order valence-electron chi connectivity index (χ3n) is 11.1. The monoisotopic (exact) mass is 929 g/mol. The highest BCUT2D eigenvalue weighted by Crippen LogP contribution is 2.29. The van der Waals surface area contributed by atoms with Crippen LogP contribution in [0.4, 0.5) is 0 Å². The fraction of sp³-hybridized carbons (Fsp3) is 0.738. The number of carbonyl (C=O) groups is 5. The summed E-state index contributed by atoms with van der Waals surface area (Å²) in [6.07, 6.45) is -12.7. The maximum atomic E-state index is 13.5. The number of carboxylic acid groups (broad SMARTS) is 3. The lowest BCUT2D eigenvalue weighted by molar-refractivity contribution is -0.345. The van der Waals surface area contributed by atoms with E-state index in [1.54, 1.807) is 47.6 Å². The number of ether oxygens (including phenoxy) is 6. The maximum Gasteiger partial charge on any atom is 0.320 e. The zero-order chi connectivity index (χ0) is 47.6. The van der Waals surface area contributed by atoms with Crippen molar-refractivity contribution in [1.29, 1.82) is 0 Å². The molecule has 0 spiro atoms. The van der Waals surface area contributed by atoms with Gasteiger partial charge in [0, 0.05) is 65.4 Å². The van der Waals surface area contributed by atoms with E-state index in [1.807, 2.05) is 12.1 Å². The number of amides is 2. The van der Waals surface area contributed by atoms with Crippen LogP contribution in [0.2, 0.25) is 0 Å². The minimum Gasteiger partial charge on any atom is -0.494 e. The molecule has 23 nitrogen and oxygen atoms in total. The molecular weight excluding hydrogens is 862 g/mol. The predicted molar refractivity (Wildman–Crippen MR) is 226 cm³/mol. The van der Waals surface area contributed by atoms with Crippen LogP contribution in [0, 0.1) is 0 Å². The second-order valence-electron chi connectivity index (χ2n) is 16.4. The molecule has 1 aromatic rings. The van der Waals surface area contributed by atoms with E-state index >= 15 is 0 Å². The van der Waals surface area contributed by atoms with Crippen LogP contribution in [0.1, 0.15) is 45.6 Å². The normalized spacial score (nSPS) is 27.8. The molecule has 3 aliphatic rings. The Hall–Kier alpha value is -4.11. The molecule has 368 valence electrons. The average molecular weight is 930 g/mol. The van der Waals surface area contributed by atoms with Crippen molar-refractivity contribution < 1.29 is 88.1 Å². The highest BCUT2D eigenvalue weighted by molar-refractivity contribution is 5.82. The van der Waals surface area contributed by atoms with E-state index in [0.29, 0.717) is 31.7 Å². The second-order valence-corrected chi connectivity index (χ2v) is 16.4. The lowest BCUT2D eigenvalue weighted by atomic mass is 9.97. The standard InChI is InChI=1S/C42H67N5O18/c1-4-60-29-24-62-41(35(55)33(29)53)64-37-34(54)36(56)42(63-25(2)3)65-38(37)39(57)44-14-12-26-6-8-27(9-7-26)61-21-5-13-43-30(48)11-10-28(40(58)59)47-19-17-45(22-31(49)50)15-16-46(18-20-47)23-32(51)52/h6-9,25,28-29,33-38,41-42,53-56H,4-5,10-24H2,1-3H3,(H,43,48)(H,44,57)(H,49,50)(H,51,52)(H,58,59). The van der Waals surface area contributed by atoms with Gasteiger partial charge in [-0.15, -0.1) is 0 Å². The highest BCUT2D eigenvalue weighted by atomic mass is 16.7. The van der Waals surface area contributed by atoms with Gasteiger partial charge in [-0.1, -0.05) is 12.1 Å². The Balaban J connectivity index is 1.20. The molecule has 3 saturated heterocycles. The van der Waals surface area contributed by atoms with Crippen molar-refractivity contribution in [3.8, 4) is 5.75 Å². The number of benzene rings is 1. The number of aliphatic hydroxyl groups excluding tert-OH is 4. The zero-order valence-electron chi connectivity index (χ0n) is 37.1. The number of aliphatic carboxylic acids is 3. The van der Waals surface area contributed by atoms with Gasteiger partial charge in [-0.3, -0.25) is 38.7 Å². The van der Waals surface area contributed by atoms with E-state index in [0.717, 1.165) is 5.56 Å². The summed E-state index contributed by atoms with van der Waals surface area (Å²) in [5.74, 6) is -3.71. The molecule has 23 heteroatoms. The van der Waals surface area contributed by atoms with Crippen molar-refractivity contribution in [2.45, 2.75) is 114 Å². The molecule has 10 atom stereocenters. The van der Waals surface area contributed by atoms with Crippen LogP contribution in [-0.4, -0.2) is 233 Å². The summed E-state index contributed by atoms with van der Waals surface area (Å²) in [6, 6.07) is 6.07. The first-order valence-corrected chi connectivity index (χ1v) is 22.0. The molecule has 10 unspecified atom stereocenters.